The van der Waals surface area contributed by atoms with Crippen molar-refractivity contribution >= 4 is 23.3 Å². The third-order valence-corrected chi connectivity index (χ3v) is 5.19. The van der Waals surface area contributed by atoms with Crippen molar-refractivity contribution < 1.29 is 14.0 Å². The summed E-state index contributed by atoms with van der Waals surface area (Å²) in [7, 11) is 0. The van der Waals surface area contributed by atoms with Crippen LogP contribution in [-0.4, -0.2) is 36.5 Å². The number of amides is 3. The number of rotatable bonds is 2. The summed E-state index contributed by atoms with van der Waals surface area (Å²) in [6.07, 6.45) is 1.16. The van der Waals surface area contributed by atoms with Crippen LogP contribution in [-0.2, 0) is 4.79 Å². The first kappa shape index (κ1) is 16.6. The molecule has 0 saturated carbocycles. The van der Waals surface area contributed by atoms with Crippen molar-refractivity contribution in [1.29, 1.82) is 0 Å². The molecule has 6 heteroatoms. The third-order valence-electron chi connectivity index (χ3n) is 5.19. The van der Waals surface area contributed by atoms with Crippen LogP contribution in [0.15, 0.2) is 54.6 Å². The lowest BCUT2D eigenvalue weighted by atomic mass is 9.86. The van der Waals surface area contributed by atoms with E-state index in [-0.39, 0.29) is 23.2 Å². The highest BCUT2D eigenvalue weighted by atomic mass is 19.1. The van der Waals surface area contributed by atoms with Crippen LogP contribution < -0.4 is 10.2 Å². The van der Waals surface area contributed by atoms with E-state index >= 15 is 0 Å². The number of para-hydroxylation sites is 1. The van der Waals surface area contributed by atoms with Crippen molar-refractivity contribution in [3.8, 4) is 0 Å². The third kappa shape index (κ3) is 3.14. The Morgan fingerprint density at radius 1 is 1.08 bits per heavy atom. The maximum atomic E-state index is 13.5. The summed E-state index contributed by atoms with van der Waals surface area (Å²) in [6.45, 7) is 1.66. The Labute approximate surface area is 151 Å². The van der Waals surface area contributed by atoms with Crippen molar-refractivity contribution in [2.24, 2.45) is 5.41 Å². The molecule has 1 unspecified atom stereocenters. The van der Waals surface area contributed by atoms with E-state index in [1.54, 1.807) is 21.9 Å². The monoisotopic (exact) mass is 353 g/mol. The molecule has 3 amide bonds. The molecule has 2 aliphatic rings. The minimum absolute atomic E-state index is 0.0130. The van der Waals surface area contributed by atoms with E-state index in [4.69, 9.17) is 0 Å². The molecule has 1 N–H and O–H groups in total. The van der Waals surface area contributed by atoms with Crippen LogP contribution in [0.4, 0.5) is 20.6 Å². The van der Waals surface area contributed by atoms with Gasteiger partial charge in [-0.2, -0.15) is 0 Å². The van der Waals surface area contributed by atoms with Crippen LogP contribution in [0.5, 0.6) is 0 Å². The summed E-state index contributed by atoms with van der Waals surface area (Å²) in [5.74, 6) is -0.368. The van der Waals surface area contributed by atoms with Crippen LogP contribution in [0.3, 0.4) is 0 Å². The molecule has 0 aromatic heterocycles. The zero-order valence-electron chi connectivity index (χ0n) is 14.3. The van der Waals surface area contributed by atoms with Crippen molar-refractivity contribution in [3.05, 3.63) is 60.4 Å². The van der Waals surface area contributed by atoms with Crippen LogP contribution in [0, 0.1) is 11.2 Å². The number of carbonyl (C=O) groups is 2. The van der Waals surface area contributed by atoms with Crippen molar-refractivity contribution in [3.63, 3.8) is 0 Å². The minimum Gasteiger partial charge on any atom is -0.324 e. The van der Waals surface area contributed by atoms with Gasteiger partial charge in [-0.05, 0) is 36.8 Å². The van der Waals surface area contributed by atoms with Gasteiger partial charge in [0.05, 0.1) is 0 Å². The van der Waals surface area contributed by atoms with Crippen molar-refractivity contribution in [2.45, 2.75) is 12.8 Å². The van der Waals surface area contributed by atoms with Gasteiger partial charge in [-0.15, -0.1) is 0 Å². The highest BCUT2D eigenvalue weighted by Crippen LogP contribution is 2.42. The number of carbonyl (C=O) groups excluding carboxylic acids is 2. The molecule has 2 aromatic rings. The summed E-state index contributed by atoms with van der Waals surface area (Å²) in [4.78, 5) is 28.4. The molecule has 134 valence electrons. The normalized spacial score (nSPS) is 22.3. The molecule has 2 fully saturated rings. The second kappa shape index (κ2) is 6.44. The lowest BCUT2D eigenvalue weighted by Gasteiger charge is -2.24. The summed E-state index contributed by atoms with van der Waals surface area (Å²) in [5.41, 5.74) is 1.08. The molecule has 1 spiro atoms. The largest absolute Gasteiger partial charge is 0.324 e. The van der Waals surface area contributed by atoms with E-state index in [9.17, 15) is 14.0 Å². The first-order valence-electron chi connectivity index (χ1n) is 8.72. The predicted molar refractivity (Wildman–Crippen MR) is 97.5 cm³/mol. The van der Waals surface area contributed by atoms with Gasteiger partial charge in [0.1, 0.15) is 5.82 Å². The van der Waals surface area contributed by atoms with Gasteiger partial charge in [-0.1, -0.05) is 24.3 Å². The highest BCUT2D eigenvalue weighted by Gasteiger charge is 2.48. The molecule has 4 rings (SSSR count). The van der Waals surface area contributed by atoms with Crippen LogP contribution in [0.2, 0.25) is 0 Å². The van der Waals surface area contributed by atoms with Gasteiger partial charge in [0.25, 0.3) is 0 Å². The van der Waals surface area contributed by atoms with E-state index in [0.717, 1.165) is 12.1 Å². The molecule has 2 saturated heterocycles. The Morgan fingerprint density at radius 3 is 2.65 bits per heavy atom. The first-order valence-corrected chi connectivity index (χ1v) is 8.72. The van der Waals surface area contributed by atoms with Crippen LogP contribution >= 0.6 is 0 Å². The number of nitrogens with zero attached hydrogens (tertiary/aromatic N) is 2. The zero-order chi connectivity index (χ0) is 18.1. The van der Waals surface area contributed by atoms with E-state index in [1.807, 2.05) is 30.3 Å². The standard InChI is InChI=1S/C20H20FN3O2/c21-15-5-4-8-17(11-15)24-14-20(12-18(24)25)9-10-23(13-20)19(26)22-16-6-2-1-3-7-16/h1-8,11H,9-10,12-14H2,(H,22,26). The average molecular weight is 353 g/mol. The van der Waals surface area contributed by atoms with Gasteiger partial charge in [0, 0.05) is 42.8 Å². The fraction of sp³-hybridized carbons (Fsp3) is 0.300. The van der Waals surface area contributed by atoms with E-state index in [2.05, 4.69) is 5.32 Å². The van der Waals surface area contributed by atoms with Gasteiger partial charge in [-0.25, -0.2) is 9.18 Å². The van der Waals surface area contributed by atoms with Gasteiger partial charge < -0.3 is 15.1 Å². The van der Waals surface area contributed by atoms with Crippen LogP contribution in [0.1, 0.15) is 12.8 Å². The SMILES string of the molecule is O=C(Nc1ccccc1)N1CCC2(CC(=O)N(c3cccc(F)c3)C2)C1. The molecule has 2 aliphatic heterocycles. The quantitative estimate of drug-likeness (QED) is 0.899. The first-order chi connectivity index (χ1) is 12.5. The molecule has 2 aromatic carbocycles. The Balaban J connectivity index is 1.44. The Bertz CT molecular complexity index is 842. The molecule has 26 heavy (non-hydrogen) atoms. The summed E-state index contributed by atoms with van der Waals surface area (Å²) >= 11 is 0. The Hall–Kier alpha value is -2.89. The molecule has 0 bridgehead atoms. The molecule has 0 aliphatic carbocycles. The van der Waals surface area contributed by atoms with E-state index < -0.39 is 0 Å². The number of likely N-dealkylation sites (tertiary alicyclic amines) is 1. The van der Waals surface area contributed by atoms with Crippen molar-refractivity contribution in [2.75, 3.05) is 29.9 Å². The fourth-order valence-electron chi connectivity index (χ4n) is 3.88. The number of nitrogens with one attached hydrogen (secondary N) is 1. The molecule has 5 nitrogen and oxygen atoms in total. The number of hydrogen-bond acceptors (Lipinski definition) is 2. The number of halogens is 1. The topological polar surface area (TPSA) is 52.7 Å². The predicted octanol–water partition coefficient (Wildman–Crippen LogP) is 3.49. The number of benzene rings is 2. The lowest BCUT2D eigenvalue weighted by Crippen LogP contribution is -2.36. The molecule has 2 heterocycles. The molecule has 1 atom stereocenters. The van der Waals surface area contributed by atoms with Gasteiger partial charge in [-0.3, -0.25) is 4.79 Å². The summed E-state index contributed by atoms with van der Waals surface area (Å²) in [5, 5.41) is 2.89. The highest BCUT2D eigenvalue weighted by molar-refractivity contribution is 5.97. The van der Waals surface area contributed by atoms with E-state index in [0.29, 0.717) is 31.7 Å². The summed E-state index contributed by atoms with van der Waals surface area (Å²) in [6, 6.07) is 15.3. The second-order valence-electron chi connectivity index (χ2n) is 7.10. The lowest BCUT2D eigenvalue weighted by molar-refractivity contribution is -0.117. The van der Waals surface area contributed by atoms with Crippen molar-refractivity contribution in [1.82, 2.24) is 4.90 Å². The minimum atomic E-state index is -0.355. The number of urea groups is 1. The molecular weight excluding hydrogens is 333 g/mol. The summed E-state index contributed by atoms with van der Waals surface area (Å²) < 4.78 is 13.5. The Kier molecular flexibility index (Phi) is 4.11. The van der Waals surface area contributed by atoms with Gasteiger partial charge in [0.15, 0.2) is 0 Å². The van der Waals surface area contributed by atoms with E-state index in [1.165, 1.54) is 12.1 Å². The zero-order valence-corrected chi connectivity index (χ0v) is 14.3. The number of hydrogen-bond donors (Lipinski definition) is 1. The number of anilines is 2. The maximum Gasteiger partial charge on any atom is 0.321 e. The molecular formula is C20H20FN3O2. The smallest absolute Gasteiger partial charge is 0.321 e. The van der Waals surface area contributed by atoms with Gasteiger partial charge in [0.2, 0.25) is 5.91 Å². The second-order valence-corrected chi connectivity index (χ2v) is 7.10. The molecule has 0 radical (unpaired) electrons. The fourth-order valence-corrected chi connectivity index (χ4v) is 3.88. The van der Waals surface area contributed by atoms with Crippen LogP contribution in [0.25, 0.3) is 0 Å². The average Bonchev–Trinajstić information content (AvgIpc) is 3.19. The van der Waals surface area contributed by atoms with Gasteiger partial charge >= 0.3 is 6.03 Å². The Morgan fingerprint density at radius 2 is 1.88 bits per heavy atom. The maximum absolute atomic E-state index is 13.5.